The molecule has 1 N–H and O–H groups in total. The molecule has 2 aromatic carbocycles. The van der Waals surface area contributed by atoms with Crippen molar-refractivity contribution >= 4 is 11.6 Å². The van der Waals surface area contributed by atoms with Crippen LogP contribution in [0.5, 0.6) is 11.5 Å². The van der Waals surface area contributed by atoms with E-state index in [4.69, 9.17) is 9.47 Å². The van der Waals surface area contributed by atoms with E-state index < -0.39 is 11.0 Å². The number of hydrogen-bond donors (Lipinski definition) is 1. The first-order valence-corrected chi connectivity index (χ1v) is 8.69. The molecule has 2 rings (SSSR count). The molecule has 0 aromatic heterocycles. The van der Waals surface area contributed by atoms with Crippen molar-refractivity contribution in [2.24, 2.45) is 5.92 Å². The highest BCUT2D eigenvalue weighted by Gasteiger charge is 2.19. The summed E-state index contributed by atoms with van der Waals surface area (Å²) in [4.78, 5) is 22.9. The molecule has 0 aliphatic rings. The lowest BCUT2D eigenvalue weighted by Crippen LogP contribution is -2.38. The molecule has 0 spiro atoms. The van der Waals surface area contributed by atoms with E-state index in [0.717, 1.165) is 5.56 Å². The molecule has 0 heterocycles. The third kappa shape index (κ3) is 5.44. The third-order valence-electron chi connectivity index (χ3n) is 3.93. The van der Waals surface area contributed by atoms with Gasteiger partial charge in [-0.25, -0.2) is 0 Å². The lowest BCUT2D eigenvalue weighted by Gasteiger charge is -2.18. The molecular weight excluding hydrogens is 348 g/mol. The number of amides is 1. The number of non-ortho nitro benzene ring substituents is 1. The van der Waals surface area contributed by atoms with Crippen LogP contribution in [0.2, 0.25) is 0 Å². The van der Waals surface area contributed by atoms with E-state index in [9.17, 15) is 14.9 Å². The van der Waals surface area contributed by atoms with Crippen LogP contribution in [-0.2, 0) is 4.79 Å². The maximum absolute atomic E-state index is 12.2. The van der Waals surface area contributed by atoms with Crippen molar-refractivity contribution < 1.29 is 19.2 Å². The quantitative estimate of drug-likeness (QED) is 0.562. The Balaban J connectivity index is 2.31. The average Bonchev–Trinajstić information content (AvgIpc) is 2.66. The molecule has 0 aliphatic heterocycles. The summed E-state index contributed by atoms with van der Waals surface area (Å²) in [6, 6.07) is 11.4. The summed E-state index contributed by atoms with van der Waals surface area (Å²) < 4.78 is 11.0. The van der Waals surface area contributed by atoms with Crippen LogP contribution in [-0.4, -0.2) is 30.6 Å². The normalized spacial score (nSPS) is 11.7. The van der Waals surface area contributed by atoms with Crippen LogP contribution < -0.4 is 14.8 Å². The van der Waals surface area contributed by atoms with E-state index in [-0.39, 0.29) is 11.6 Å². The van der Waals surface area contributed by atoms with E-state index in [2.05, 4.69) is 5.32 Å². The van der Waals surface area contributed by atoms with Crippen LogP contribution in [0, 0.1) is 16.0 Å². The highest BCUT2D eigenvalue weighted by atomic mass is 16.6. The fraction of sp³-hybridized carbons (Fsp3) is 0.350. The summed E-state index contributed by atoms with van der Waals surface area (Å²) in [5.74, 6) is 1.17. The van der Waals surface area contributed by atoms with E-state index in [0.29, 0.717) is 29.5 Å². The first-order chi connectivity index (χ1) is 12.8. The Morgan fingerprint density at radius 1 is 1.15 bits per heavy atom. The molecule has 27 heavy (non-hydrogen) atoms. The Bertz CT molecular complexity index is 803. The molecule has 1 amide bonds. The van der Waals surface area contributed by atoms with Gasteiger partial charge in [0.1, 0.15) is 11.5 Å². The molecule has 0 saturated heterocycles. The molecule has 1 atom stereocenters. The Morgan fingerprint density at radius 3 is 2.37 bits per heavy atom. The summed E-state index contributed by atoms with van der Waals surface area (Å²) in [5.41, 5.74) is 1.21. The predicted molar refractivity (Wildman–Crippen MR) is 103 cm³/mol. The molecule has 7 heteroatoms. The topological polar surface area (TPSA) is 90.7 Å². The van der Waals surface area contributed by atoms with Gasteiger partial charge in [-0.1, -0.05) is 26.0 Å². The number of hydrogen-bond acceptors (Lipinski definition) is 5. The Labute approximate surface area is 158 Å². The Kier molecular flexibility index (Phi) is 6.76. The molecule has 0 aliphatic carbocycles. The molecule has 0 fully saturated rings. The number of carbonyl (C=O) groups is 1. The van der Waals surface area contributed by atoms with Crippen LogP contribution >= 0.6 is 0 Å². The van der Waals surface area contributed by atoms with E-state index in [1.807, 2.05) is 13.8 Å². The molecule has 0 bridgehead atoms. The predicted octanol–water partition coefficient (Wildman–Crippen LogP) is 3.81. The number of nitro benzene ring substituents is 1. The van der Waals surface area contributed by atoms with Gasteiger partial charge in [0.25, 0.3) is 11.6 Å². The summed E-state index contributed by atoms with van der Waals surface area (Å²) in [6.07, 6.45) is -0.734. The second-order valence-corrected chi connectivity index (χ2v) is 6.57. The minimum absolute atomic E-state index is 0.0509. The van der Waals surface area contributed by atoms with Gasteiger partial charge in [0.15, 0.2) is 6.10 Å². The van der Waals surface area contributed by atoms with Gasteiger partial charge >= 0.3 is 0 Å². The summed E-state index contributed by atoms with van der Waals surface area (Å²) in [7, 11) is 1.56. The van der Waals surface area contributed by atoms with E-state index in [1.165, 1.54) is 18.2 Å². The third-order valence-corrected chi connectivity index (χ3v) is 3.93. The van der Waals surface area contributed by atoms with Gasteiger partial charge in [-0.15, -0.1) is 0 Å². The standard InChI is InChI=1S/C20H24N2O5/c1-13(2)12-21-20(23)14(3)27-19-10-7-16(22(24)25)11-18(19)15-5-8-17(26-4)9-6-15/h5-11,13-14H,12H2,1-4H3,(H,21,23)/t14-/m0/s1. The zero-order valence-electron chi connectivity index (χ0n) is 15.9. The first kappa shape index (κ1) is 20.2. The summed E-state index contributed by atoms with van der Waals surface area (Å²) >= 11 is 0. The van der Waals surface area contributed by atoms with Gasteiger partial charge < -0.3 is 14.8 Å². The summed E-state index contributed by atoms with van der Waals surface area (Å²) in [6.45, 7) is 6.21. The monoisotopic (exact) mass is 372 g/mol. The van der Waals surface area contributed by atoms with Crippen LogP contribution in [0.4, 0.5) is 5.69 Å². The van der Waals surface area contributed by atoms with Crippen molar-refractivity contribution in [1.82, 2.24) is 5.32 Å². The molecule has 0 unspecified atom stereocenters. The number of rotatable bonds is 8. The highest BCUT2D eigenvalue weighted by Crippen LogP contribution is 2.35. The van der Waals surface area contributed by atoms with Gasteiger partial charge in [-0.3, -0.25) is 14.9 Å². The number of nitrogens with one attached hydrogen (secondary N) is 1. The Morgan fingerprint density at radius 2 is 1.81 bits per heavy atom. The van der Waals surface area contributed by atoms with Gasteiger partial charge in [-0.05, 0) is 36.6 Å². The van der Waals surface area contributed by atoms with Crippen LogP contribution in [0.25, 0.3) is 11.1 Å². The fourth-order valence-electron chi connectivity index (χ4n) is 2.42. The molecular formula is C20H24N2O5. The van der Waals surface area contributed by atoms with Crippen LogP contribution in [0.3, 0.4) is 0 Å². The molecule has 0 saturated carbocycles. The lowest BCUT2D eigenvalue weighted by atomic mass is 10.0. The van der Waals surface area contributed by atoms with Crippen LogP contribution in [0.15, 0.2) is 42.5 Å². The Hall–Kier alpha value is -3.09. The maximum Gasteiger partial charge on any atom is 0.270 e. The van der Waals surface area contributed by atoms with E-state index in [1.54, 1.807) is 38.3 Å². The van der Waals surface area contributed by atoms with Gasteiger partial charge in [0.2, 0.25) is 0 Å². The largest absolute Gasteiger partial charge is 0.497 e. The van der Waals surface area contributed by atoms with Crippen molar-refractivity contribution in [2.75, 3.05) is 13.7 Å². The minimum Gasteiger partial charge on any atom is -0.497 e. The van der Waals surface area contributed by atoms with Crippen molar-refractivity contribution in [3.63, 3.8) is 0 Å². The number of ether oxygens (including phenoxy) is 2. The second-order valence-electron chi connectivity index (χ2n) is 6.57. The molecule has 0 radical (unpaired) electrons. The zero-order valence-corrected chi connectivity index (χ0v) is 15.9. The number of carbonyl (C=O) groups excluding carboxylic acids is 1. The van der Waals surface area contributed by atoms with Gasteiger partial charge in [0, 0.05) is 24.2 Å². The average molecular weight is 372 g/mol. The molecule has 2 aromatic rings. The van der Waals surface area contributed by atoms with Crippen molar-refractivity contribution in [3.8, 4) is 22.6 Å². The van der Waals surface area contributed by atoms with Crippen molar-refractivity contribution in [3.05, 3.63) is 52.6 Å². The highest BCUT2D eigenvalue weighted by molar-refractivity contribution is 5.81. The minimum atomic E-state index is -0.734. The number of nitrogens with zero attached hydrogens (tertiary/aromatic N) is 1. The molecule has 144 valence electrons. The number of methoxy groups -OCH3 is 1. The first-order valence-electron chi connectivity index (χ1n) is 8.69. The molecule has 7 nitrogen and oxygen atoms in total. The van der Waals surface area contributed by atoms with Gasteiger partial charge in [-0.2, -0.15) is 0 Å². The van der Waals surface area contributed by atoms with E-state index >= 15 is 0 Å². The zero-order chi connectivity index (χ0) is 20.0. The SMILES string of the molecule is COc1ccc(-c2cc([N+](=O)[O-])ccc2O[C@@H](C)C(=O)NCC(C)C)cc1. The van der Waals surface area contributed by atoms with Gasteiger partial charge in [0.05, 0.1) is 12.0 Å². The maximum atomic E-state index is 12.2. The van der Waals surface area contributed by atoms with Crippen molar-refractivity contribution in [1.29, 1.82) is 0 Å². The smallest absolute Gasteiger partial charge is 0.270 e. The fourth-order valence-corrected chi connectivity index (χ4v) is 2.42. The van der Waals surface area contributed by atoms with Crippen LogP contribution in [0.1, 0.15) is 20.8 Å². The lowest BCUT2D eigenvalue weighted by molar-refractivity contribution is -0.384. The van der Waals surface area contributed by atoms with Crippen molar-refractivity contribution in [2.45, 2.75) is 26.9 Å². The second kappa shape index (κ2) is 9.02. The number of benzene rings is 2. The number of nitro groups is 1. The summed E-state index contributed by atoms with van der Waals surface area (Å²) in [5, 5.41) is 14.0.